The summed E-state index contributed by atoms with van der Waals surface area (Å²) in [7, 11) is 0. The molecule has 1 aromatic heterocycles. The Hall–Kier alpha value is -0.930. The molecule has 2 heterocycles. The SMILES string of the molecule is Cc1ccc(CNCCN2CCCC2)cn1. The monoisotopic (exact) mass is 219 g/mol. The zero-order valence-electron chi connectivity index (χ0n) is 10.1. The summed E-state index contributed by atoms with van der Waals surface area (Å²) >= 11 is 0. The topological polar surface area (TPSA) is 28.2 Å². The number of aryl methyl sites for hydroxylation is 1. The smallest absolute Gasteiger partial charge is 0.0372 e. The fraction of sp³-hybridized carbons (Fsp3) is 0.615. The molecule has 1 fully saturated rings. The Kier molecular flexibility index (Phi) is 4.31. The van der Waals surface area contributed by atoms with Gasteiger partial charge in [0.2, 0.25) is 0 Å². The zero-order chi connectivity index (χ0) is 11.2. The third-order valence-electron chi connectivity index (χ3n) is 3.11. The van der Waals surface area contributed by atoms with Gasteiger partial charge < -0.3 is 10.2 Å². The highest BCUT2D eigenvalue weighted by Crippen LogP contribution is 2.05. The van der Waals surface area contributed by atoms with Crippen LogP contribution < -0.4 is 5.32 Å². The van der Waals surface area contributed by atoms with E-state index in [-0.39, 0.29) is 0 Å². The van der Waals surface area contributed by atoms with Gasteiger partial charge in [-0.3, -0.25) is 4.98 Å². The molecule has 1 aliphatic rings. The van der Waals surface area contributed by atoms with Crippen molar-refractivity contribution in [2.75, 3.05) is 26.2 Å². The van der Waals surface area contributed by atoms with E-state index in [9.17, 15) is 0 Å². The Morgan fingerprint density at radius 2 is 2.12 bits per heavy atom. The van der Waals surface area contributed by atoms with E-state index in [0.717, 1.165) is 18.8 Å². The molecular formula is C13H21N3. The average molecular weight is 219 g/mol. The second-order valence-corrected chi connectivity index (χ2v) is 4.53. The van der Waals surface area contributed by atoms with Gasteiger partial charge in [0.1, 0.15) is 0 Å². The zero-order valence-corrected chi connectivity index (χ0v) is 10.1. The predicted molar refractivity (Wildman–Crippen MR) is 66.4 cm³/mol. The Morgan fingerprint density at radius 3 is 2.81 bits per heavy atom. The maximum Gasteiger partial charge on any atom is 0.0372 e. The van der Waals surface area contributed by atoms with E-state index < -0.39 is 0 Å². The summed E-state index contributed by atoms with van der Waals surface area (Å²) in [5, 5.41) is 3.47. The minimum Gasteiger partial charge on any atom is -0.311 e. The van der Waals surface area contributed by atoms with Crippen LogP contribution in [0.4, 0.5) is 0 Å². The van der Waals surface area contributed by atoms with Crippen molar-refractivity contribution in [3.63, 3.8) is 0 Å². The van der Waals surface area contributed by atoms with Gasteiger partial charge in [0.15, 0.2) is 0 Å². The second-order valence-electron chi connectivity index (χ2n) is 4.53. The molecule has 1 aromatic rings. The lowest BCUT2D eigenvalue weighted by atomic mass is 10.2. The number of aromatic nitrogens is 1. The molecule has 2 rings (SSSR count). The van der Waals surface area contributed by atoms with Gasteiger partial charge in [-0.25, -0.2) is 0 Å². The summed E-state index contributed by atoms with van der Waals surface area (Å²) in [6.45, 7) is 7.78. The standard InChI is InChI=1S/C13H21N3/c1-12-4-5-13(11-15-12)10-14-6-9-16-7-2-3-8-16/h4-5,11,14H,2-3,6-10H2,1H3. The summed E-state index contributed by atoms with van der Waals surface area (Å²) in [4.78, 5) is 6.81. The lowest BCUT2D eigenvalue weighted by molar-refractivity contribution is 0.335. The molecule has 1 saturated heterocycles. The molecule has 0 aromatic carbocycles. The van der Waals surface area contributed by atoms with Gasteiger partial charge in [-0.05, 0) is 44.5 Å². The number of hydrogen-bond donors (Lipinski definition) is 1. The lowest BCUT2D eigenvalue weighted by Gasteiger charge is -2.14. The minimum atomic E-state index is 0.932. The molecule has 0 saturated carbocycles. The lowest BCUT2D eigenvalue weighted by Crippen LogP contribution is -2.29. The normalized spacial score (nSPS) is 16.8. The van der Waals surface area contributed by atoms with Gasteiger partial charge in [-0.1, -0.05) is 6.07 Å². The molecule has 1 aliphatic heterocycles. The molecule has 16 heavy (non-hydrogen) atoms. The van der Waals surface area contributed by atoms with Gasteiger partial charge in [0.25, 0.3) is 0 Å². The number of rotatable bonds is 5. The molecule has 0 aliphatic carbocycles. The third-order valence-corrected chi connectivity index (χ3v) is 3.11. The number of pyridine rings is 1. The Morgan fingerprint density at radius 1 is 1.31 bits per heavy atom. The summed E-state index contributed by atoms with van der Waals surface area (Å²) in [6, 6.07) is 4.21. The van der Waals surface area contributed by atoms with Crippen LogP contribution in [-0.2, 0) is 6.54 Å². The summed E-state index contributed by atoms with van der Waals surface area (Å²) in [5.41, 5.74) is 2.35. The Balaban J connectivity index is 1.62. The van der Waals surface area contributed by atoms with Crippen LogP contribution in [0.3, 0.4) is 0 Å². The van der Waals surface area contributed by atoms with Crippen LogP contribution in [0.15, 0.2) is 18.3 Å². The van der Waals surface area contributed by atoms with Crippen LogP contribution in [0.1, 0.15) is 24.1 Å². The number of hydrogen-bond acceptors (Lipinski definition) is 3. The van der Waals surface area contributed by atoms with Gasteiger partial charge in [-0.15, -0.1) is 0 Å². The molecule has 3 nitrogen and oxygen atoms in total. The highest BCUT2D eigenvalue weighted by Gasteiger charge is 2.09. The Bertz CT molecular complexity index is 301. The highest BCUT2D eigenvalue weighted by molar-refractivity contribution is 5.12. The maximum atomic E-state index is 4.28. The second kappa shape index (κ2) is 5.97. The minimum absolute atomic E-state index is 0.932. The van der Waals surface area contributed by atoms with Crippen molar-refractivity contribution in [2.24, 2.45) is 0 Å². The average Bonchev–Trinajstić information content (AvgIpc) is 2.80. The molecule has 1 N–H and O–H groups in total. The van der Waals surface area contributed by atoms with Crippen molar-refractivity contribution in [3.05, 3.63) is 29.6 Å². The first-order valence-electron chi connectivity index (χ1n) is 6.19. The molecule has 0 bridgehead atoms. The van der Waals surface area contributed by atoms with E-state index in [1.807, 2.05) is 13.1 Å². The molecule has 0 atom stereocenters. The van der Waals surface area contributed by atoms with Crippen molar-refractivity contribution in [1.82, 2.24) is 15.2 Å². The van der Waals surface area contributed by atoms with E-state index in [4.69, 9.17) is 0 Å². The first-order chi connectivity index (χ1) is 7.84. The molecule has 0 unspecified atom stereocenters. The van der Waals surface area contributed by atoms with Crippen molar-refractivity contribution >= 4 is 0 Å². The molecule has 0 amide bonds. The summed E-state index contributed by atoms with van der Waals surface area (Å²) in [5.74, 6) is 0. The number of nitrogens with zero attached hydrogens (tertiary/aromatic N) is 2. The molecule has 3 heteroatoms. The van der Waals surface area contributed by atoms with Crippen LogP contribution in [0, 0.1) is 6.92 Å². The largest absolute Gasteiger partial charge is 0.311 e. The first-order valence-corrected chi connectivity index (χ1v) is 6.19. The predicted octanol–water partition coefficient (Wildman–Crippen LogP) is 1.58. The first kappa shape index (κ1) is 11.6. The number of likely N-dealkylation sites (tertiary alicyclic amines) is 1. The van der Waals surface area contributed by atoms with Crippen LogP contribution >= 0.6 is 0 Å². The van der Waals surface area contributed by atoms with Crippen molar-refractivity contribution in [1.29, 1.82) is 0 Å². The van der Waals surface area contributed by atoms with E-state index in [1.165, 1.54) is 38.0 Å². The van der Waals surface area contributed by atoms with Crippen molar-refractivity contribution < 1.29 is 0 Å². The molecule has 0 spiro atoms. The third kappa shape index (κ3) is 3.58. The molecule has 88 valence electrons. The van der Waals surface area contributed by atoms with E-state index in [2.05, 4.69) is 27.3 Å². The fourth-order valence-electron chi connectivity index (χ4n) is 2.08. The van der Waals surface area contributed by atoms with Crippen molar-refractivity contribution in [3.8, 4) is 0 Å². The molecule has 0 radical (unpaired) electrons. The van der Waals surface area contributed by atoms with E-state index in [1.54, 1.807) is 0 Å². The number of nitrogens with one attached hydrogen (secondary N) is 1. The van der Waals surface area contributed by atoms with Crippen LogP contribution in [-0.4, -0.2) is 36.1 Å². The maximum absolute atomic E-state index is 4.28. The van der Waals surface area contributed by atoms with Crippen LogP contribution in [0.5, 0.6) is 0 Å². The van der Waals surface area contributed by atoms with E-state index >= 15 is 0 Å². The van der Waals surface area contributed by atoms with Crippen LogP contribution in [0.2, 0.25) is 0 Å². The van der Waals surface area contributed by atoms with Crippen LogP contribution in [0.25, 0.3) is 0 Å². The van der Waals surface area contributed by atoms with Crippen molar-refractivity contribution in [2.45, 2.75) is 26.3 Å². The van der Waals surface area contributed by atoms with Gasteiger partial charge in [0, 0.05) is 31.5 Å². The van der Waals surface area contributed by atoms with Gasteiger partial charge >= 0.3 is 0 Å². The highest BCUT2D eigenvalue weighted by atomic mass is 15.1. The van der Waals surface area contributed by atoms with E-state index in [0.29, 0.717) is 0 Å². The summed E-state index contributed by atoms with van der Waals surface area (Å²) in [6.07, 6.45) is 4.71. The van der Waals surface area contributed by atoms with Gasteiger partial charge in [0.05, 0.1) is 0 Å². The molecular weight excluding hydrogens is 198 g/mol. The van der Waals surface area contributed by atoms with Gasteiger partial charge in [-0.2, -0.15) is 0 Å². The Labute approximate surface area is 97.9 Å². The quantitative estimate of drug-likeness (QED) is 0.762. The summed E-state index contributed by atoms with van der Waals surface area (Å²) < 4.78 is 0. The fourth-order valence-corrected chi connectivity index (χ4v) is 2.08.